The molecule has 5 N–H and O–H groups in total. The van der Waals surface area contributed by atoms with Crippen LogP contribution >= 0.6 is 11.8 Å². The van der Waals surface area contributed by atoms with Crippen LogP contribution in [0.1, 0.15) is 6.92 Å². The molecule has 0 spiro atoms. The summed E-state index contributed by atoms with van der Waals surface area (Å²) in [6.07, 6.45) is 0. The zero-order valence-corrected chi connectivity index (χ0v) is 12.8. The molecule has 0 atom stereocenters. The third-order valence-corrected chi connectivity index (χ3v) is 3.29. The molecule has 22 heavy (non-hydrogen) atoms. The van der Waals surface area contributed by atoms with Gasteiger partial charge >= 0.3 is 0 Å². The number of rotatable bonds is 6. The molecule has 0 saturated heterocycles. The first-order chi connectivity index (χ1) is 10.6. The van der Waals surface area contributed by atoms with Gasteiger partial charge in [-0.2, -0.15) is 15.0 Å². The molecule has 2 rings (SSSR count). The summed E-state index contributed by atoms with van der Waals surface area (Å²) in [5, 5.41) is 3.08. The largest absolute Gasteiger partial charge is 0.492 e. The first-order valence-electron chi connectivity index (χ1n) is 6.50. The van der Waals surface area contributed by atoms with E-state index in [0.29, 0.717) is 23.2 Å². The van der Waals surface area contributed by atoms with E-state index in [0.717, 1.165) is 11.8 Å². The Hall–Kier alpha value is -2.55. The summed E-state index contributed by atoms with van der Waals surface area (Å²) in [6, 6.07) is 7.22. The Bertz CT molecular complexity index is 646. The smallest absolute Gasteiger partial charge is 0.234 e. The van der Waals surface area contributed by atoms with E-state index in [1.165, 1.54) is 0 Å². The number of thioether (sulfide) groups is 1. The minimum absolute atomic E-state index is 0.0251. The maximum absolute atomic E-state index is 12.0. The Morgan fingerprint density at radius 3 is 2.59 bits per heavy atom. The number of amides is 1. The van der Waals surface area contributed by atoms with E-state index >= 15 is 0 Å². The van der Waals surface area contributed by atoms with E-state index in [1.54, 1.807) is 12.1 Å². The second kappa shape index (κ2) is 7.46. The molecule has 9 heteroatoms. The van der Waals surface area contributed by atoms with Gasteiger partial charge in [-0.1, -0.05) is 23.9 Å². The molecule has 0 radical (unpaired) electrons. The van der Waals surface area contributed by atoms with Crippen molar-refractivity contribution in [1.29, 1.82) is 0 Å². The minimum atomic E-state index is -0.213. The molecule has 0 aliphatic carbocycles. The fourth-order valence-electron chi connectivity index (χ4n) is 1.62. The number of nitrogens with two attached hydrogens (primary N) is 2. The standard InChI is InChI=1S/C13H16N6O2S/c1-2-21-9-6-4-3-5-8(9)16-10(20)7-22-13-18-11(14)17-12(15)19-13/h3-6H,2,7H2,1H3,(H,16,20)(H4,14,15,17,18,19). The van der Waals surface area contributed by atoms with Crippen molar-refractivity contribution in [2.24, 2.45) is 0 Å². The highest BCUT2D eigenvalue weighted by Gasteiger charge is 2.10. The molecule has 1 heterocycles. The van der Waals surface area contributed by atoms with Crippen molar-refractivity contribution in [2.45, 2.75) is 12.1 Å². The highest BCUT2D eigenvalue weighted by atomic mass is 32.2. The second-order valence-corrected chi connectivity index (χ2v) is 5.04. The van der Waals surface area contributed by atoms with Gasteiger partial charge in [0.2, 0.25) is 17.8 Å². The minimum Gasteiger partial charge on any atom is -0.492 e. The van der Waals surface area contributed by atoms with Crippen molar-refractivity contribution in [3.63, 3.8) is 0 Å². The van der Waals surface area contributed by atoms with Gasteiger partial charge in [0, 0.05) is 0 Å². The number of anilines is 3. The van der Waals surface area contributed by atoms with Crippen LogP contribution in [0.5, 0.6) is 5.75 Å². The van der Waals surface area contributed by atoms with E-state index in [2.05, 4.69) is 20.3 Å². The van der Waals surface area contributed by atoms with Crippen molar-refractivity contribution in [3.05, 3.63) is 24.3 Å². The van der Waals surface area contributed by atoms with Crippen LogP contribution in [-0.4, -0.2) is 33.2 Å². The molecule has 1 aromatic heterocycles. The number of ether oxygens (including phenoxy) is 1. The SMILES string of the molecule is CCOc1ccccc1NC(=O)CSc1nc(N)nc(N)n1. The Morgan fingerprint density at radius 1 is 1.23 bits per heavy atom. The normalized spacial score (nSPS) is 10.2. The summed E-state index contributed by atoms with van der Waals surface area (Å²) in [6.45, 7) is 2.40. The number of nitrogens with zero attached hydrogens (tertiary/aromatic N) is 3. The van der Waals surface area contributed by atoms with Crippen molar-refractivity contribution < 1.29 is 9.53 Å². The molecular weight excluding hydrogens is 304 g/mol. The summed E-state index contributed by atoms with van der Waals surface area (Å²) in [5.74, 6) is 0.574. The molecule has 0 aliphatic heterocycles. The highest BCUT2D eigenvalue weighted by Crippen LogP contribution is 2.24. The maximum Gasteiger partial charge on any atom is 0.234 e. The summed E-state index contributed by atoms with van der Waals surface area (Å²) in [4.78, 5) is 23.4. The monoisotopic (exact) mass is 320 g/mol. The number of carbonyl (C=O) groups is 1. The number of aromatic nitrogens is 3. The van der Waals surface area contributed by atoms with Crippen LogP contribution in [0, 0.1) is 0 Å². The third kappa shape index (κ3) is 4.48. The lowest BCUT2D eigenvalue weighted by molar-refractivity contribution is -0.113. The average Bonchev–Trinajstić information content (AvgIpc) is 2.46. The van der Waals surface area contributed by atoms with E-state index in [1.807, 2.05) is 19.1 Å². The molecule has 0 bridgehead atoms. The Labute approximate surface area is 131 Å². The lowest BCUT2D eigenvalue weighted by Gasteiger charge is -2.10. The van der Waals surface area contributed by atoms with Crippen LogP contribution in [0.2, 0.25) is 0 Å². The van der Waals surface area contributed by atoms with Gasteiger partial charge in [-0.25, -0.2) is 0 Å². The first-order valence-corrected chi connectivity index (χ1v) is 7.48. The van der Waals surface area contributed by atoms with Gasteiger partial charge in [-0.3, -0.25) is 4.79 Å². The van der Waals surface area contributed by atoms with Crippen LogP contribution in [-0.2, 0) is 4.79 Å². The number of nitrogens with one attached hydrogen (secondary N) is 1. The summed E-state index contributed by atoms with van der Waals surface area (Å²) >= 11 is 1.12. The number of hydrogen-bond acceptors (Lipinski definition) is 8. The predicted octanol–water partition coefficient (Wildman–Crippen LogP) is 1.17. The Kier molecular flexibility index (Phi) is 5.37. The fraction of sp³-hybridized carbons (Fsp3) is 0.231. The molecule has 8 nitrogen and oxygen atoms in total. The van der Waals surface area contributed by atoms with Gasteiger partial charge in [0.05, 0.1) is 18.0 Å². The summed E-state index contributed by atoms with van der Waals surface area (Å²) < 4.78 is 5.44. The Morgan fingerprint density at radius 2 is 1.91 bits per heavy atom. The molecule has 0 fully saturated rings. The van der Waals surface area contributed by atoms with Crippen LogP contribution in [0.15, 0.2) is 29.4 Å². The molecule has 0 aliphatic rings. The van der Waals surface area contributed by atoms with E-state index in [9.17, 15) is 4.79 Å². The number of para-hydroxylation sites is 2. The zero-order chi connectivity index (χ0) is 15.9. The Balaban J connectivity index is 1.96. The number of nitrogen functional groups attached to an aromatic ring is 2. The van der Waals surface area contributed by atoms with Crippen LogP contribution in [0.25, 0.3) is 0 Å². The third-order valence-electron chi connectivity index (χ3n) is 2.44. The van der Waals surface area contributed by atoms with Gasteiger partial charge in [0.15, 0.2) is 5.16 Å². The molecule has 116 valence electrons. The number of carbonyl (C=O) groups excluding carboxylic acids is 1. The fourth-order valence-corrected chi connectivity index (χ4v) is 2.27. The molecule has 1 aromatic carbocycles. The van der Waals surface area contributed by atoms with Crippen molar-refractivity contribution in [1.82, 2.24) is 15.0 Å². The maximum atomic E-state index is 12.0. The molecule has 0 saturated carbocycles. The molecule has 0 unspecified atom stereocenters. The highest BCUT2D eigenvalue weighted by molar-refractivity contribution is 7.99. The van der Waals surface area contributed by atoms with Gasteiger partial charge in [0.1, 0.15) is 5.75 Å². The quantitative estimate of drug-likeness (QED) is 0.676. The van der Waals surface area contributed by atoms with Crippen LogP contribution < -0.4 is 21.5 Å². The van der Waals surface area contributed by atoms with E-state index in [-0.39, 0.29) is 23.6 Å². The predicted molar refractivity (Wildman–Crippen MR) is 85.6 cm³/mol. The number of hydrogen-bond donors (Lipinski definition) is 3. The van der Waals surface area contributed by atoms with Gasteiger partial charge in [-0.15, -0.1) is 0 Å². The van der Waals surface area contributed by atoms with Gasteiger partial charge in [-0.05, 0) is 19.1 Å². The van der Waals surface area contributed by atoms with Crippen LogP contribution in [0.3, 0.4) is 0 Å². The molecule has 2 aromatic rings. The lowest BCUT2D eigenvalue weighted by Crippen LogP contribution is -2.15. The molecular formula is C13H16N6O2S. The van der Waals surface area contributed by atoms with Crippen molar-refractivity contribution >= 4 is 35.3 Å². The van der Waals surface area contributed by atoms with E-state index < -0.39 is 0 Å². The first kappa shape index (κ1) is 15.8. The average molecular weight is 320 g/mol. The summed E-state index contributed by atoms with van der Waals surface area (Å²) in [7, 11) is 0. The molecule has 1 amide bonds. The van der Waals surface area contributed by atoms with Gasteiger partial charge in [0.25, 0.3) is 0 Å². The van der Waals surface area contributed by atoms with Crippen molar-refractivity contribution in [2.75, 3.05) is 29.1 Å². The zero-order valence-electron chi connectivity index (χ0n) is 11.9. The van der Waals surface area contributed by atoms with Crippen molar-refractivity contribution in [3.8, 4) is 5.75 Å². The number of benzene rings is 1. The topological polar surface area (TPSA) is 129 Å². The lowest BCUT2D eigenvalue weighted by atomic mass is 10.3. The second-order valence-electron chi connectivity index (χ2n) is 4.10. The van der Waals surface area contributed by atoms with Gasteiger partial charge < -0.3 is 21.5 Å². The summed E-state index contributed by atoms with van der Waals surface area (Å²) in [5.41, 5.74) is 11.6. The van der Waals surface area contributed by atoms with Crippen LogP contribution in [0.4, 0.5) is 17.6 Å². The van der Waals surface area contributed by atoms with E-state index in [4.69, 9.17) is 16.2 Å².